The minimum Gasteiger partial charge on any atom is -0.508 e. The van der Waals surface area contributed by atoms with Crippen LogP contribution in [0.2, 0.25) is 0 Å². The Bertz CT molecular complexity index is 817. The summed E-state index contributed by atoms with van der Waals surface area (Å²) in [6.45, 7) is 3.97. The Morgan fingerprint density at radius 2 is 1.74 bits per heavy atom. The molecule has 23 heavy (non-hydrogen) atoms. The van der Waals surface area contributed by atoms with Crippen LogP contribution in [-0.4, -0.2) is 10.2 Å². The van der Waals surface area contributed by atoms with Gasteiger partial charge in [0.05, 0.1) is 0 Å². The number of hydrogen-bond acceptors (Lipinski definition) is 3. The molecule has 2 N–H and O–H groups in total. The van der Waals surface area contributed by atoms with E-state index < -0.39 is 6.10 Å². The second-order valence-corrected chi connectivity index (χ2v) is 5.93. The molecule has 1 unspecified atom stereocenters. The summed E-state index contributed by atoms with van der Waals surface area (Å²) in [6.07, 6.45) is -0.296. The van der Waals surface area contributed by atoms with Gasteiger partial charge in [0.15, 0.2) is 0 Å². The minimum absolute atomic E-state index is 0.0692. The summed E-state index contributed by atoms with van der Waals surface area (Å²) in [5, 5.41) is 20.4. The van der Waals surface area contributed by atoms with Crippen molar-refractivity contribution < 1.29 is 14.6 Å². The third kappa shape index (κ3) is 3.46. The molecule has 0 saturated heterocycles. The number of aromatic hydroxyl groups is 1. The van der Waals surface area contributed by atoms with E-state index in [0.717, 1.165) is 11.3 Å². The van der Waals surface area contributed by atoms with Gasteiger partial charge in [-0.1, -0.05) is 41.5 Å². The van der Waals surface area contributed by atoms with Crippen molar-refractivity contribution in [2.24, 2.45) is 0 Å². The van der Waals surface area contributed by atoms with Gasteiger partial charge in [-0.25, -0.2) is 0 Å². The van der Waals surface area contributed by atoms with Crippen LogP contribution in [0.25, 0.3) is 0 Å². The van der Waals surface area contributed by atoms with Crippen molar-refractivity contribution >= 4 is 0 Å². The van der Waals surface area contributed by atoms with Crippen LogP contribution in [-0.2, 0) is 6.42 Å². The molecule has 0 bridgehead atoms. The molecule has 3 nitrogen and oxygen atoms in total. The number of hydrogen-bond donors (Lipinski definition) is 2. The lowest BCUT2D eigenvalue weighted by Crippen LogP contribution is -1.99. The van der Waals surface area contributed by atoms with Gasteiger partial charge in [-0.05, 0) is 43.7 Å². The molecule has 0 fully saturated rings. The molecule has 0 aliphatic heterocycles. The van der Waals surface area contributed by atoms with Gasteiger partial charge in [-0.2, -0.15) is 0 Å². The van der Waals surface area contributed by atoms with E-state index in [1.165, 1.54) is 11.1 Å². The summed E-state index contributed by atoms with van der Waals surface area (Å²) in [7, 11) is 0. The van der Waals surface area contributed by atoms with E-state index in [9.17, 15) is 10.2 Å². The molecule has 118 valence electrons. The van der Waals surface area contributed by atoms with Gasteiger partial charge in [0, 0.05) is 12.0 Å². The Morgan fingerprint density at radius 1 is 0.957 bits per heavy atom. The van der Waals surface area contributed by atoms with Gasteiger partial charge < -0.3 is 14.6 Å². The van der Waals surface area contributed by atoms with Crippen molar-refractivity contribution in [2.75, 3.05) is 0 Å². The maximum Gasteiger partial charge on any atom is 0.140 e. The van der Waals surface area contributed by atoms with E-state index in [2.05, 4.69) is 25.1 Å². The van der Waals surface area contributed by atoms with Crippen molar-refractivity contribution in [3.8, 4) is 5.75 Å². The molecule has 3 aromatic rings. The van der Waals surface area contributed by atoms with Crippen molar-refractivity contribution in [3.05, 3.63) is 88.4 Å². The average Bonchev–Trinajstić information content (AvgIpc) is 2.97. The number of furan rings is 1. The molecule has 0 spiro atoms. The summed E-state index contributed by atoms with van der Waals surface area (Å²) in [5.41, 5.74) is 3.81. The second-order valence-electron chi connectivity index (χ2n) is 5.93. The Labute approximate surface area is 135 Å². The highest BCUT2D eigenvalue weighted by molar-refractivity contribution is 5.40. The molecular weight excluding hydrogens is 288 g/mol. The van der Waals surface area contributed by atoms with Gasteiger partial charge in [-0.15, -0.1) is 0 Å². The molecule has 0 saturated carbocycles. The first-order valence-corrected chi connectivity index (χ1v) is 7.64. The monoisotopic (exact) mass is 308 g/mol. The van der Waals surface area contributed by atoms with Crippen LogP contribution in [0, 0.1) is 13.8 Å². The van der Waals surface area contributed by atoms with Crippen LogP contribution in [0.5, 0.6) is 5.75 Å². The third-order valence-electron chi connectivity index (χ3n) is 3.89. The molecule has 3 rings (SSSR count). The maximum atomic E-state index is 10.5. The molecule has 1 atom stereocenters. The van der Waals surface area contributed by atoms with Crippen molar-refractivity contribution in [1.82, 2.24) is 0 Å². The van der Waals surface area contributed by atoms with Crippen molar-refractivity contribution in [3.63, 3.8) is 0 Å². The zero-order valence-electron chi connectivity index (χ0n) is 13.3. The Balaban J connectivity index is 1.82. The lowest BCUT2D eigenvalue weighted by Gasteiger charge is -2.11. The summed E-state index contributed by atoms with van der Waals surface area (Å²) in [6, 6.07) is 17.0. The second kappa shape index (κ2) is 6.31. The zero-order chi connectivity index (χ0) is 16.4. The van der Waals surface area contributed by atoms with Crippen LogP contribution >= 0.6 is 0 Å². The minimum atomic E-state index is -0.971. The highest BCUT2D eigenvalue weighted by Gasteiger charge is 2.18. The topological polar surface area (TPSA) is 53.6 Å². The molecular formula is C20H20O3. The number of phenols is 1. The van der Waals surface area contributed by atoms with Crippen LogP contribution in [0.15, 0.2) is 59.0 Å². The first kappa shape index (κ1) is 15.4. The van der Waals surface area contributed by atoms with E-state index in [0.29, 0.717) is 17.7 Å². The largest absolute Gasteiger partial charge is 0.508 e. The number of aliphatic hydroxyl groups is 1. The Kier molecular flexibility index (Phi) is 4.22. The number of phenolic OH excluding ortho intramolecular Hbond substituents is 1. The molecule has 0 aliphatic carbocycles. The normalized spacial score (nSPS) is 12.3. The van der Waals surface area contributed by atoms with Crippen LogP contribution in [0.3, 0.4) is 0 Å². The van der Waals surface area contributed by atoms with Crippen molar-refractivity contribution in [1.29, 1.82) is 0 Å². The van der Waals surface area contributed by atoms with E-state index in [1.54, 1.807) is 24.3 Å². The van der Waals surface area contributed by atoms with Gasteiger partial charge >= 0.3 is 0 Å². The summed E-state index contributed by atoms with van der Waals surface area (Å²) < 4.78 is 5.78. The maximum absolute atomic E-state index is 10.5. The molecule has 2 aromatic carbocycles. The predicted octanol–water partition coefficient (Wildman–Crippen LogP) is 4.27. The molecule has 0 aliphatic rings. The molecule has 1 aromatic heterocycles. The quantitative estimate of drug-likeness (QED) is 0.756. The number of aliphatic hydroxyl groups excluding tert-OH is 1. The summed E-state index contributed by atoms with van der Waals surface area (Å²) >= 11 is 0. The molecule has 3 heteroatoms. The van der Waals surface area contributed by atoms with Gasteiger partial charge in [0.1, 0.15) is 23.4 Å². The molecule has 1 heterocycles. The van der Waals surface area contributed by atoms with Gasteiger partial charge in [0.25, 0.3) is 0 Å². The van der Waals surface area contributed by atoms with Gasteiger partial charge in [-0.3, -0.25) is 0 Å². The standard InChI is InChI=1S/C20H20O3/c1-13-4-3-5-15(10-13)12-16-7-9-19(23-16)20(22)17-11-14(2)6-8-18(17)21/h3-11,20-22H,12H2,1-2H3. The zero-order valence-corrected chi connectivity index (χ0v) is 13.3. The summed E-state index contributed by atoms with van der Waals surface area (Å²) in [4.78, 5) is 0. The highest BCUT2D eigenvalue weighted by atomic mass is 16.4. The van der Waals surface area contributed by atoms with Crippen LogP contribution in [0.1, 0.15) is 39.9 Å². The van der Waals surface area contributed by atoms with Crippen molar-refractivity contribution in [2.45, 2.75) is 26.4 Å². The van der Waals surface area contributed by atoms with Crippen LogP contribution in [0.4, 0.5) is 0 Å². The molecule has 0 amide bonds. The fourth-order valence-electron chi connectivity index (χ4n) is 2.71. The lowest BCUT2D eigenvalue weighted by molar-refractivity contribution is 0.183. The highest BCUT2D eigenvalue weighted by Crippen LogP contribution is 2.31. The third-order valence-corrected chi connectivity index (χ3v) is 3.89. The predicted molar refractivity (Wildman–Crippen MR) is 89.6 cm³/mol. The Morgan fingerprint density at radius 3 is 2.52 bits per heavy atom. The fraction of sp³-hybridized carbons (Fsp3) is 0.200. The van der Waals surface area contributed by atoms with E-state index in [4.69, 9.17) is 4.42 Å². The molecule has 0 radical (unpaired) electrons. The first-order chi connectivity index (χ1) is 11.0. The average molecular weight is 308 g/mol. The summed E-state index contributed by atoms with van der Waals surface area (Å²) in [5.74, 6) is 1.30. The smallest absolute Gasteiger partial charge is 0.140 e. The lowest BCUT2D eigenvalue weighted by atomic mass is 10.0. The number of aryl methyl sites for hydroxylation is 2. The number of rotatable bonds is 4. The van der Waals surface area contributed by atoms with E-state index in [1.807, 2.05) is 19.1 Å². The van der Waals surface area contributed by atoms with Crippen LogP contribution < -0.4 is 0 Å². The van der Waals surface area contributed by atoms with E-state index >= 15 is 0 Å². The Hall–Kier alpha value is -2.52. The number of benzene rings is 2. The van der Waals surface area contributed by atoms with Gasteiger partial charge in [0.2, 0.25) is 0 Å². The first-order valence-electron chi connectivity index (χ1n) is 7.64. The fourth-order valence-corrected chi connectivity index (χ4v) is 2.71. The van der Waals surface area contributed by atoms with E-state index in [-0.39, 0.29) is 5.75 Å². The SMILES string of the molecule is Cc1cccc(Cc2ccc(C(O)c3cc(C)ccc3O)o2)c1.